The molecule has 1 aromatic rings. The van der Waals surface area contributed by atoms with E-state index in [0.29, 0.717) is 5.75 Å². The fourth-order valence-electron chi connectivity index (χ4n) is 1.53. The number of aliphatic hydroxyl groups excluding tert-OH is 1. The van der Waals surface area contributed by atoms with Crippen LogP contribution in [0.4, 0.5) is 0 Å². The summed E-state index contributed by atoms with van der Waals surface area (Å²) in [4.78, 5) is 11.4. The third-order valence-electron chi connectivity index (χ3n) is 2.25. The Morgan fingerprint density at radius 3 is 2.47 bits per heavy atom. The number of aryl methyl sites for hydroxylation is 2. The average Bonchev–Trinajstić information content (AvgIpc) is 2.25. The van der Waals surface area contributed by atoms with Gasteiger partial charge in [-0.2, -0.15) is 0 Å². The van der Waals surface area contributed by atoms with E-state index in [1.54, 1.807) is 6.92 Å². The van der Waals surface area contributed by atoms with E-state index < -0.39 is 0 Å². The maximum atomic E-state index is 11.4. The Labute approximate surface area is 102 Å². The van der Waals surface area contributed by atoms with Gasteiger partial charge in [0.25, 0.3) is 5.91 Å². The van der Waals surface area contributed by atoms with Crippen molar-refractivity contribution in [3.05, 3.63) is 29.3 Å². The lowest BCUT2D eigenvalue weighted by molar-refractivity contribution is -0.124. The molecule has 0 unspecified atom stereocenters. The van der Waals surface area contributed by atoms with Gasteiger partial charge in [-0.1, -0.05) is 6.07 Å². The summed E-state index contributed by atoms with van der Waals surface area (Å²) in [5.41, 5.74) is 2.20. The Morgan fingerprint density at radius 1 is 1.35 bits per heavy atom. The Bertz CT molecular complexity index is 370. The van der Waals surface area contributed by atoms with Crippen LogP contribution in [-0.2, 0) is 4.79 Å². The van der Waals surface area contributed by atoms with Crippen LogP contribution in [0.3, 0.4) is 0 Å². The van der Waals surface area contributed by atoms with Crippen LogP contribution in [0, 0.1) is 13.8 Å². The van der Waals surface area contributed by atoms with Crippen LogP contribution >= 0.6 is 0 Å². The quantitative estimate of drug-likeness (QED) is 0.808. The molecule has 0 radical (unpaired) electrons. The summed E-state index contributed by atoms with van der Waals surface area (Å²) in [5.74, 6) is 0.458. The van der Waals surface area contributed by atoms with E-state index in [2.05, 4.69) is 5.32 Å². The highest BCUT2D eigenvalue weighted by Gasteiger charge is 2.07. The topological polar surface area (TPSA) is 58.6 Å². The Kier molecular flexibility index (Phi) is 4.97. The zero-order valence-electron chi connectivity index (χ0n) is 10.5. The summed E-state index contributed by atoms with van der Waals surface area (Å²) in [6, 6.07) is 5.57. The molecule has 0 aliphatic rings. The van der Waals surface area contributed by atoms with Crippen LogP contribution < -0.4 is 10.1 Å². The summed E-state index contributed by atoms with van der Waals surface area (Å²) >= 11 is 0. The first-order valence-corrected chi connectivity index (χ1v) is 5.62. The molecule has 1 amide bonds. The van der Waals surface area contributed by atoms with Crippen molar-refractivity contribution in [1.82, 2.24) is 5.32 Å². The maximum absolute atomic E-state index is 11.4. The molecule has 17 heavy (non-hydrogen) atoms. The monoisotopic (exact) mass is 237 g/mol. The number of hydrogen-bond donors (Lipinski definition) is 2. The largest absolute Gasteiger partial charge is 0.484 e. The fraction of sp³-hybridized carbons (Fsp3) is 0.462. The first-order chi connectivity index (χ1) is 8.01. The molecule has 0 spiro atoms. The molecule has 94 valence electrons. The molecule has 1 aromatic carbocycles. The van der Waals surface area contributed by atoms with Gasteiger partial charge in [-0.25, -0.2) is 0 Å². The van der Waals surface area contributed by atoms with Crippen molar-refractivity contribution >= 4 is 5.91 Å². The molecule has 0 fully saturated rings. The first kappa shape index (κ1) is 13.5. The summed E-state index contributed by atoms with van der Waals surface area (Å²) < 4.78 is 5.38. The zero-order valence-corrected chi connectivity index (χ0v) is 10.5. The third kappa shape index (κ3) is 4.87. The number of carbonyl (C=O) groups excluding carboxylic acids is 1. The zero-order chi connectivity index (χ0) is 12.8. The van der Waals surface area contributed by atoms with Crippen molar-refractivity contribution in [1.29, 1.82) is 0 Å². The molecule has 0 aliphatic carbocycles. The Hall–Kier alpha value is -1.55. The van der Waals surface area contributed by atoms with Gasteiger partial charge < -0.3 is 15.2 Å². The molecule has 0 aliphatic heterocycles. The molecule has 4 heteroatoms. The van der Waals surface area contributed by atoms with E-state index in [9.17, 15) is 4.79 Å². The number of ether oxygens (including phenoxy) is 1. The normalized spacial score (nSPS) is 12.0. The van der Waals surface area contributed by atoms with Gasteiger partial charge in [0.2, 0.25) is 0 Å². The van der Waals surface area contributed by atoms with E-state index in [4.69, 9.17) is 9.84 Å². The van der Waals surface area contributed by atoms with Crippen molar-refractivity contribution in [2.45, 2.75) is 26.8 Å². The predicted molar refractivity (Wildman–Crippen MR) is 66.1 cm³/mol. The number of nitrogens with one attached hydrogen (secondary N) is 1. The minimum atomic E-state index is -0.245. The molecule has 0 saturated carbocycles. The molecular weight excluding hydrogens is 218 g/mol. The lowest BCUT2D eigenvalue weighted by Crippen LogP contribution is -2.38. The molecule has 4 nitrogen and oxygen atoms in total. The highest BCUT2D eigenvalue weighted by atomic mass is 16.5. The van der Waals surface area contributed by atoms with Crippen molar-refractivity contribution in [3.63, 3.8) is 0 Å². The van der Waals surface area contributed by atoms with Gasteiger partial charge in [-0.15, -0.1) is 0 Å². The minimum absolute atomic E-state index is 0.0345. The van der Waals surface area contributed by atoms with Crippen LogP contribution in [0.5, 0.6) is 5.75 Å². The van der Waals surface area contributed by atoms with Gasteiger partial charge in [0.15, 0.2) is 6.61 Å². The van der Waals surface area contributed by atoms with Gasteiger partial charge in [0.05, 0.1) is 6.61 Å². The number of hydrogen-bond acceptors (Lipinski definition) is 3. The van der Waals surface area contributed by atoms with Crippen LogP contribution in [-0.4, -0.2) is 30.3 Å². The second-order valence-electron chi connectivity index (χ2n) is 4.26. The molecule has 0 aromatic heterocycles. The molecule has 1 rings (SSSR count). The number of carbonyl (C=O) groups is 1. The molecule has 2 N–H and O–H groups in total. The van der Waals surface area contributed by atoms with Gasteiger partial charge >= 0.3 is 0 Å². The highest BCUT2D eigenvalue weighted by Crippen LogP contribution is 2.15. The second kappa shape index (κ2) is 6.25. The maximum Gasteiger partial charge on any atom is 0.258 e. The van der Waals surface area contributed by atoms with Gasteiger partial charge in [0, 0.05) is 6.04 Å². The minimum Gasteiger partial charge on any atom is -0.484 e. The number of rotatable bonds is 5. The SMILES string of the molecule is Cc1cc(C)cc(OCC(=O)N[C@H](C)CO)c1. The van der Waals surface area contributed by atoms with Crippen molar-refractivity contribution < 1.29 is 14.6 Å². The van der Waals surface area contributed by atoms with Crippen molar-refractivity contribution in [2.75, 3.05) is 13.2 Å². The van der Waals surface area contributed by atoms with Crippen molar-refractivity contribution in [3.8, 4) is 5.75 Å². The van der Waals surface area contributed by atoms with Crippen LogP contribution in [0.15, 0.2) is 18.2 Å². The number of aliphatic hydroxyl groups is 1. The average molecular weight is 237 g/mol. The van der Waals surface area contributed by atoms with E-state index in [1.807, 2.05) is 32.0 Å². The van der Waals surface area contributed by atoms with E-state index in [1.165, 1.54) is 0 Å². The molecule has 0 heterocycles. The van der Waals surface area contributed by atoms with E-state index in [0.717, 1.165) is 11.1 Å². The Morgan fingerprint density at radius 2 is 1.94 bits per heavy atom. The predicted octanol–water partition coefficient (Wildman–Crippen LogP) is 1.18. The molecule has 0 bridgehead atoms. The summed E-state index contributed by atoms with van der Waals surface area (Å²) in [7, 11) is 0. The summed E-state index contributed by atoms with van der Waals surface area (Å²) in [5, 5.41) is 11.4. The standard InChI is InChI=1S/C13H19NO3/c1-9-4-10(2)6-12(5-9)17-8-13(16)14-11(3)7-15/h4-6,11,15H,7-8H2,1-3H3,(H,14,16)/t11-/m1/s1. The van der Waals surface area contributed by atoms with E-state index >= 15 is 0 Å². The second-order valence-corrected chi connectivity index (χ2v) is 4.26. The number of benzene rings is 1. The molecule has 0 saturated heterocycles. The Balaban J connectivity index is 2.47. The highest BCUT2D eigenvalue weighted by molar-refractivity contribution is 5.77. The third-order valence-corrected chi connectivity index (χ3v) is 2.25. The molecule has 1 atom stereocenters. The van der Waals surface area contributed by atoms with Gasteiger partial charge in [0.1, 0.15) is 5.75 Å². The van der Waals surface area contributed by atoms with E-state index in [-0.39, 0.29) is 25.2 Å². The van der Waals surface area contributed by atoms with Gasteiger partial charge in [-0.05, 0) is 44.0 Å². The molecular formula is C13H19NO3. The smallest absolute Gasteiger partial charge is 0.258 e. The van der Waals surface area contributed by atoms with Gasteiger partial charge in [-0.3, -0.25) is 4.79 Å². The fourth-order valence-corrected chi connectivity index (χ4v) is 1.53. The van der Waals surface area contributed by atoms with Crippen molar-refractivity contribution in [2.24, 2.45) is 0 Å². The number of amides is 1. The summed E-state index contributed by atoms with van der Waals surface area (Å²) in [6.45, 7) is 5.58. The summed E-state index contributed by atoms with van der Waals surface area (Å²) in [6.07, 6.45) is 0. The lowest BCUT2D eigenvalue weighted by Gasteiger charge is -2.12. The van der Waals surface area contributed by atoms with Crippen LogP contribution in [0.1, 0.15) is 18.1 Å². The lowest BCUT2D eigenvalue weighted by atomic mass is 10.1. The van der Waals surface area contributed by atoms with Crippen LogP contribution in [0.25, 0.3) is 0 Å². The van der Waals surface area contributed by atoms with Crippen LogP contribution in [0.2, 0.25) is 0 Å². The first-order valence-electron chi connectivity index (χ1n) is 5.62.